The van der Waals surface area contributed by atoms with Crippen molar-refractivity contribution in [2.24, 2.45) is 5.92 Å². The van der Waals surface area contributed by atoms with Crippen molar-refractivity contribution in [3.8, 4) is 0 Å². The first-order chi connectivity index (χ1) is 8.77. The summed E-state index contributed by atoms with van der Waals surface area (Å²) in [6.07, 6.45) is 6.34. The molecule has 3 rings (SSSR count). The van der Waals surface area contributed by atoms with Crippen LogP contribution in [0.1, 0.15) is 30.1 Å². The number of carbonyl (C=O) groups is 1. The summed E-state index contributed by atoms with van der Waals surface area (Å²) in [6.45, 7) is 1.91. The zero-order valence-corrected chi connectivity index (χ0v) is 10.4. The molecule has 2 aliphatic rings. The number of allylic oxidation sites excluding steroid dienone is 2. The summed E-state index contributed by atoms with van der Waals surface area (Å²) in [7, 11) is 0. The Hall–Kier alpha value is -1.83. The summed E-state index contributed by atoms with van der Waals surface area (Å²) in [5, 5.41) is 0. The van der Waals surface area contributed by atoms with Gasteiger partial charge in [-0.05, 0) is 25.8 Å². The largest absolute Gasteiger partial charge is 0.490 e. The molecule has 2 heteroatoms. The molecule has 1 aliphatic carbocycles. The summed E-state index contributed by atoms with van der Waals surface area (Å²) in [5.41, 5.74) is 1.63. The maximum Gasteiger partial charge on any atom is 0.192 e. The van der Waals surface area contributed by atoms with Gasteiger partial charge in [0.05, 0.1) is 0 Å². The molecule has 0 amide bonds. The lowest BCUT2D eigenvalue weighted by molar-refractivity contribution is 0.101. The van der Waals surface area contributed by atoms with Gasteiger partial charge in [-0.25, -0.2) is 0 Å². The average Bonchev–Trinajstić information content (AvgIpc) is 2.75. The van der Waals surface area contributed by atoms with Gasteiger partial charge in [0.1, 0.15) is 11.9 Å². The molecule has 0 radical (unpaired) electrons. The maximum atomic E-state index is 12.6. The highest BCUT2D eigenvalue weighted by atomic mass is 16.5. The van der Waals surface area contributed by atoms with Gasteiger partial charge in [-0.3, -0.25) is 4.79 Å². The van der Waals surface area contributed by atoms with Crippen LogP contribution >= 0.6 is 0 Å². The second kappa shape index (κ2) is 4.45. The van der Waals surface area contributed by atoms with Gasteiger partial charge >= 0.3 is 0 Å². The predicted octanol–water partition coefficient (Wildman–Crippen LogP) is 3.51. The quantitative estimate of drug-likeness (QED) is 0.584. The summed E-state index contributed by atoms with van der Waals surface area (Å²) in [6, 6.07) is 9.47. The average molecular weight is 240 g/mol. The fourth-order valence-electron chi connectivity index (χ4n) is 2.84. The first kappa shape index (κ1) is 11.3. The molecule has 0 unspecified atom stereocenters. The molecule has 0 saturated carbocycles. The maximum absolute atomic E-state index is 12.6. The molecular weight excluding hydrogens is 224 g/mol. The van der Waals surface area contributed by atoms with E-state index in [1.165, 1.54) is 0 Å². The molecule has 0 bridgehead atoms. The highest BCUT2D eigenvalue weighted by Gasteiger charge is 2.38. The van der Waals surface area contributed by atoms with Gasteiger partial charge in [0.2, 0.25) is 0 Å². The van der Waals surface area contributed by atoms with Gasteiger partial charge in [0.15, 0.2) is 5.78 Å². The molecule has 18 heavy (non-hydrogen) atoms. The number of benzene rings is 1. The lowest BCUT2D eigenvalue weighted by atomic mass is 9.83. The van der Waals surface area contributed by atoms with Gasteiger partial charge < -0.3 is 4.74 Å². The van der Waals surface area contributed by atoms with Gasteiger partial charge in [-0.2, -0.15) is 0 Å². The Kier molecular flexibility index (Phi) is 2.78. The molecule has 0 fully saturated rings. The van der Waals surface area contributed by atoms with Crippen LogP contribution in [0.25, 0.3) is 0 Å². The van der Waals surface area contributed by atoms with E-state index < -0.39 is 0 Å². The number of hydrogen-bond acceptors (Lipinski definition) is 2. The lowest BCUT2D eigenvalue weighted by Gasteiger charge is -2.20. The molecular formula is C16H16O2. The van der Waals surface area contributed by atoms with Crippen molar-refractivity contribution in [2.45, 2.75) is 25.9 Å². The third-order valence-corrected chi connectivity index (χ3v) is 3.71. The molecule has 0 spiro atoms. The Morgan fingerprint density at radius 1 is 1.28 bits per heavy atom. The molecule has 1 heterocycles. The highest BCUT2D eigenvalue weighted by molar-refractivity contribution is 6.09. The van der Waals surface area contributed by atoms with Crippen LogP contribution in [0, 0.1) is 5.92 Å². The number of hydrogen-bond donors (Lipinski definition) is 0. The molecule has 0 aromatic heterocycles. The minimum Gasteiger partial charge on any atom is -0.490 e. The SMILES string of the molecule is CC1=C(C(=O)c2ccccc2)[C@H]2CCC=C[C@H]2O1. The van der Waals surface area contributed by atoms with Crippen LogP contribution in [-0.4, -0.2) is 11.9 Å². The Labute approximate surface area is 107 Å². The van der Waals surface area contributed by atoms with Crippen molar-refractivity contribution >= 4 is 5.78 Å². The standard InChI is InChI=1S/C16H16O2/c1-11-15(13-9-5-6-10-14(13)18-11)16(17)12-7-3-2-4-8-12/h2-4,6-8,10,13-14H,5,9H2,1H3/t13-,14+/m0/s1. The fourth-order valence-corrected chi connectivity index (χ4v) is 2.84. The second-order valence-electron chi connectivity index (χ2n) is 4.86. The van der Waals surface area contributed by atoms with Crippen molar-refractivity contribution < 1.29 is 9.53 Å². The number of fused-ring (bicyclic) bond motifs is 1. The van der Waals surface area contributed by atoms with E-state index in [1.807, 2.05) is 37.3 Å². The van der Waals surface area contributed by atoms with Crippen LogP contribution in [0.4, 0.5) is 0 Å². The van der Waals surface area contributed by atoms with Crippen molar-refractivity contribution in [2.75, 3.05) is 0 Å². The van der Waals surface area contributed by atoms with E-state index in [2.05, 4.69) is 12.2 Å². The van der Waals surface area contributed by atoms with Gasteiger partial charge in [0, 0.05) is 17.1 Å². The van der Waals surface area contributed by atoms with Crippen LogP contribution in [-0.2, 0) is 4.74 Å². The smallest absolute Gasteiger partial charge is 0.192 e. The van der Waals surface area contributed by atoms with E-state index in [4.69, 9.17) is 4.74 Å². The monoisotopic (exact) mass is 240 g/mol. The zero-order chi connectivity index (χ0) is 12.5. The number of rotatable bonds is 2. The summed E-state index contributed by atoms with van der Waals surface area (Å²) < 4.78 is 5.79. The molecule has 0 N–H and O–H groups in total. The Morgan fingerprint density at radius 2 is 2.06 bits per heavy atom. The molecule has 2 atom stereocenters. The lowest BCUT2D eigenvalue weighted by Crippen LogP contribution is -2.22. The minimum absolute atomic E-state index is 0.0708. The van der Waals surface area contributed by atoms with Crippen molar-refractivity contribution in [1.29, 1.82) is 0 Å². The highest BCUT2D eigenvalue weighted by Crippen LogP contribution is 2.39. The predicted molar refractivity (Wildman–Crippen MR) is 70.2 cm³/mol. The summed E-state index contributed by atoms with van der Waals surface area (Å²) >= 11 is 0. The van der Waals surface area contributed by atoms with Crippen molar-refractivity contribution in [3.63, 3.8) is 0 Å². The molecule has 92 valence electrons. The van der Waals surface area contributed by atoms with Crippen LogP contribution in [0.15, 0.2) is 53.8 Å². The van der Waals surface area contributed by atoms with E-state index in [0.29, 0.717) is 0 Å². The molecule has 0 saturated heterocycles. The number of Topliss-reactive ketones (excluding diaryl/α,β-unsaturated/α-hetero) is 1. The summed E-state index contributed by atoms with van der Waals surface area (Å²) in [5.74, 6) is 1.16. The van der Waals surface area contributed by atoms with Gasteiger partial charge in [-0.1, -0.05) is 36.4 Å². The normalized spacial score (nSPS) is 25.8. The number of carbonyl (C=O) groups excluding carboxylic acids is 1. The van der Waals surface area contributed by atoms with Gasteiger partial charge in [0.25, 0.3) is 0 Å². The van der Waals surface area contributed by atoms with Crippen molar-refractivity contribution in [1.82, 2.24) is 0 Å². The summed E-state index contributed by atoms with van der Waals surface area (Å²) in [4.78, 5) is 12.6. The van der Waals surface area contributed by atoms with E-state index >= 15 is 0 Å². The van der Waals surface area contributed by atoms with Crippen LogP contribution < -0.4 is 0 Å². The number of ether oxygens (including phenoxy) is 1. The van der Waals surface area contributed by atoms with Gasteiger partial charge in [-0.15, -0.1) is 0 Å². The topological polar surface area (TPSA) is 26.3 Å². The van der Waals surface area contributed by atoms with Crippen molar-refractivity contribution in [3.05, 3.63) is 59.4 Å². The molecule has 1 aromatic carbocycles. The Balaban J connectivity index is 1.94. The molecule has 1 aliphatic heterocycles. The second-order valence-corrected chi connectivity index (χ2v) is 4.86. The Bertz CT molecular complexity index is 525. The Morgan fingerprint density at radius 3 is 2.83 bits per heavy atom. The van der Waals surface area contributed by atoms with Crippen LogP contribution in [0.5, 0.6) is 0 Å². The number of ketones is 1. The molecule has 2 nitrogen and oxygen atoms in total. The first-order valence-corrected chi connectivity index (χ1v) is 6.41. The zero-order valence-electron chi connectivity index (χ0n) is 10.4. The minimum atomic E-state index is 0.0708. The van der Waals surface area contributed by atoms with E-state index in [-0.39, 0.29) is 17.8 Å². The van der Waals surface area contributed by atoms with E-state index in [0.717, 1.165) is 29.7 Å². The fraction of sp³-hybridized carbons (Fsp3) is 0.312. The molecule has 1 aromatic rings. The third-order valence-electron chi connectivity index (χ3n) is 3.71. The third kappa shape index (κ3) is 1.78. The van der Waals surface area contributed by atoms with Crippen LogP contribution in [0.3, 0.4) is 0 Å². The van der Waals surface area contributed by atoms with Crippen LogP contribution in [0.2, 0.25) is 0 Å². The van der Waals surface area contributed by atoms with E-state index in [9.17, 15) is 4.79 Å². The first-order valence-electron chi connectivity index (χ1n) is 6.41. The van der Waals surface area contributed by atoms with E-state index in [1.54, 1.807) is 0 Å².